The van der Waals surface area contributed by atoms with Crippen LogP contribution in [0.5, 0.6) is 0 Å². The van der Waals surface area contributed by atoms with Gasteiger partial charge in [0.05, 0.1) is 18.9 Å². The fourth-order valence-corrected chi connectivity index (χ4v) is 1.78. The van der Waals surface area contributed by atoms with E-state index in [0.717, 1.165) is 30.0 Å². The predicted octanol–water partition coefficient (Wildman–Crippen LogP) is 0.223. The summed E-state index contributed by atoms with van der Waals surface area (Å²) in [6.45, 7) is 6.73. The molecule has 5 nitrogen and oxygen atoms in total. The lowest BCUT2D eigenvalue weighted by atomic mass is 10.2. The van der Waals surface area contributed by atoms with Crippen LogP contribution in [0.2, 0.25) is 0 Å². The number of H-pyrrole nitrogens is 1. The number of ether oxygens (including phenoxy) is 1. The lowest BCUT2D eigenvalue weighted by Crippen LogP contribution is -2.40. The molecule has 0 saturated carbocycles. The maximum absolute atomic E-state index is 11.7. The Morgan fingerprint density at radius 1 is 1.33 bits per heavy atom. The average molecular weight is 209 g/mol. The summed E-state index contributed by atoms with van der Waals surface area (Å²) in [6, 6.07) is 0. The quantitative estimate of drug-likeness (QED) is 0.719. The summed E-state index contributed by atoms with van der Waals surface area (Å²) in [4.78, 5) is 13.8. The Balaban J connectivity index is 2.41. The Morgan fingerprint density at radius 2 is 2.00 bits per heavy atom. The molecule has 2 rings (SSSR count). The van der Waals surface area contributed by atoms with Gasteiger partial charge in [0.25, 0.3) is 5.56 Å². The first kappa shape index (κ1) is 10.2. The summed E-state index contributed by atoms with van der Waals surface area (Å²) in [5, 5.41) is 6.46. The van der Waals surface area contributed by atoms with Gasteiger partial charge in [-0.15, -0.1) is 0 Å². The van der Waals surface area contributed by atoms with Crippen molar-refractivity contribution in [3.8, 4) is 0 Å². The second-order valence-corrected chi connectivity index (χ2v) is 3.71. The molecule has 1 fully saturated rings. The minimum absolute atomic E-state index is 0.111. The zero-order valence-electron chi connectivity index (χ0n) is 9.04. The summed E-state index contributed by atoms with van der Waals surface area (Å²) in [5.41, 5.74) is 2.46. The van der Waals surface area contributed by atoms with Gasteiger partial charge in [0, 0.05) is 18.7 Å². The van der Waals surface area contributed by atoms with Crippen LogP contribution in [-0.4, -0.2) is 36.5 Å². The van der Waals surface area contributed by atoms with Crippen molar-refractivity contribution in [1.29, 1.82) is 0 Å². The van der Waals surface area contributed by atoms with Gasteiger partial charge < -0.3 is 9.64 Å². The summed E-state index contributed by atoms with van der Waals surface area (Å²) in [6.07, 6.45) is 0. The Labute approximate surface area is 88.1 Å². The molecular formula is C10H15N3O2. The van der Waals surface area contributed by atoms with Crippen molar-refractivity contribution in [2.75, 3.05) is 31.2 Å². The van der Waals surface area contributed by atoms with Crippen molar-refractivity contribution < 1.29 is 4.74 Å². The Hall–Kier alpha value is -1.36. The summed E-state index contributed by atoms with van der Waals surface area (Å²) < 4.78 is 5.26. The van der Waals surface area contributed by atoms with Crippen LogP contribution in [-0.2, 0) is 4.74 Å². The number of rotatable bonds is 1. The van der Waals surface area contributed by atoms with Crippen LogP contribution in [0.25, 0.3) is 0 Å². The van der Waals surface area contributed by atoms with E-state index in [1.165, 1.54) is 0 Å². The highest BCUT2D eigenvalue weighted by molar-refractivity contribution is 5.52. The van der Waals surface area contributed by atoms with Gasteiger partial charge in [-0.2, -0.15) is 5.10 Å². The molecule has 0 spiro atoms. The lowest BCUT2D eigenvalue weighted by molar-refractivity contribution is 0.122. The fourth-order valence-electron chi connectivity index (χ4n) is 1.78. The van der Waals surface area contributed by atoms with E-state index in [1.54, 1.807) is 0 Å². The van der Waals surface area contributed by atoms with E-state index >= 15 is 0 Å². The topological polar surface area (TPSA) is 58.2 Å². The van der Waals surface area contributed by atoms with Crippen molar-refractivity contribution in [1.82, 2.24) is 10.2 Å². The van der Waals surface area contributed by atoms with Crippen LogP contribution in [0.4, 0.5) is 5.69 Å². The molecule has 2 heterocycles. The third-order valence-electron chi connectivity index (χ3n) is 2.77. The van der Waals surface area contributed by atoms with E-state index in [4.69, 9.17) is 4.74 Å². The normalized spacial score (nSPS) is 16.8. The second-order valence-electron chi connectivity index (χ2n) is 3.71. The van der Waals surface area contributed by atoms with Crippen molar-refractivity contribution in [2.45, 2.75) is 13.8 Å². The largest absolute Gasteiger partial charge is 0.378 e. The van der Waals surface area contributed by atoms with E-state index < -0.39 is 0 Å². The number of aromatic amines is 1. The highest BCUT2D eigenvalue weighted by atomic mass is 16.5. The van der Waals surface area contributed by atoms with Crippen LogP contribution in [0, 0.1) is 13.8 Å². The van der Waals surface area contributed by atoms with Gasteiger partial charge in [0.2, 0.25) is 0 Å². The Morgan fingerprint density at radius 3 is 2.67 bits per heavy atom. The second kappa shape index (κ2) is 4.02. The minimum atomic E-state index is -0.111. The fraction of sp³-hybridized carbons (Fsp3) is 0.600. The molecule has 1 saturated heterocycles. The van der Waals surface area contributed by atoms with Crippen LogP contribution < -0.4 is 10.5 Å². The first-order valence-corrected chi connectivity index (χ1v) is 5.08. The number of aromatic nitrogens is 2. The SMILES string of the molecule is Cc1n[nH]c(=O)c(N2CCOCC2)c1C. The van der Waals surface area contributed by atoms with Gasteiger partial charge in [-0.05, 0) is 13.8 Å². The zero-order chi connectivity index (χ0) is 10.8. The van der Waals surface area contributed by atoms with Crippen LogP contribution in [0.15, 0.2) is 4.79 Å². The standard InChI is InChI=1S/C10H15N3O2/c1-7-8(2)11-12-10(14)9(7)13-3-5-15-6-4-13/h3-6H2,1-2H3,(H,12,14). The van der Waals surface area contributed by atoms with Crippen LogP contribution in [0.1, 0.15) is 11.3 Å². The molecule has 5 heteroatoms. The van der Waals surface area contributed by atoms with Crippen molar-refractivity contribution in [3.63, 3.8) is 0 Å². The molecule has 0 aliphatic carbocycles. The molecule has 0 unspecified atom stereocenters. The molecule has 0 atom stereocenters. The van der Waals surface area contributed by atoms with Gasteiger partial charge in [-0.3, -0.25) is 4.79 Å². The van der Waals surface area contributed by atoms with Gasteiger partial charge in [0.15, 0.2) is 0 Å². The molecular weight excluding hydrogens is 194 g/mol. The van der Waals surface area contributed by atoms with Gasteiger partial charge in [-0.1, -0.05) is 0 Å². The van der Waals surface area contributed by atoms with E-state index in [2.05, 4.69) is 15.1 Å². The highest BCUT2D eigenvalue weighted by Crippen LogP contribution is 2.16. The number of nitrogens with one attached hydrogen (secondary N) is 1. The first-order chi connectivity index (χ1) is 7.20. The number of hydrogen-bond acceptors (Lipinski definition) is 4. The lowest BCUT2D eigenvalue weighted by Gasteiger charge is -2.29. The van der Waals surface area contributed by atoms with Crippen molar-refractivity contribution >= 4 is 5.69 Å². The van der Waals surface area contributed by atoms with Gasteiger partial charge in [-0.25, -0.2) is 5.10 Å². The molecule has 1 aliphatic heterocycles. The molecule has 0 radical (unpaired) electrons. The highest BCUT2D eigenvalue weighted by Gasteiger charge is 2.17. The Kier molecular flexibility index (Phi) is 2.73. The molecule has 82 valence electrons. The molecule has 0 amide bonds. The molecule has 1 aromatic heterocycles. The molecule has 0 aromatic carbocycles. The van der Waals surface area contributed by atoms with Gasteiger partial charge in [0.1, 0.15) is 5.69 Å². The van der Waals surface area contributed by atoms with E-state index in [-0.39, 0.29) is 5.56 Å². The van der Waals surface area contributed by atoms with E-state index in [9.17, 15) is 4.79 Å². The van der Waals surface area contributed by atoms with Crippen molar-refractivity contribution in [3.05, 3.63) is 21.6 Å². The first-order valence-electron chi connectivity index (χ1n) is 5.08. The molecule has 1 aliphatic rings. The van der Waals surface area contributed by atoms with Gasteiger partial charge >= 0.3 is 0 Å². The van der Waals surface area contributed by atoms with Crippen molar-refractivity contribution in [2.24, 2.45) is 0 Å². The molecule has 1 N–H and O–H groups in total. The number of nitrogens with zero attached hydrogens (tertiary/aromatic N) is 2. The maximum atomic E-state index is 11.7. The summed E-state index contributed by atoms with van der Waals surface area (Å²) in [7, 11) is 0. The predicted molar refractivity (Wildman–Crippen MR) is 57.4 cm³/mol. The number of aryl methyl sites for hydroxylation is 1. The maximum Gasteiger partial charge on any atom is 0.287 e. The zero-order valence-corrected chi connectivity index (χ0v) is 9.04. The molecule has 0 bridgehead atoms. The smallest absolute Gasteiger partial charge is 0.287 e. The minimum Gasteiger partial charge on any atom is -0.378 e. The van der Waals surface area contributed by atoms with E-state index in [0.29, 0.717) is 13.2 Å². The van der Waals surface area contributed by atoms with Crippen LogP contribution in [0.3, 0.4) is 0 Å². The third-order valence-corrected chi connectivity index (χ3v) is 2.77. The third kappa shape index (κ3) is 1.87. The molecule has 15 heavy (non-hydrogen) atoms. The number of hydrogen-bond donors (Lipinski definition) is 1. The number of anilines is 1. The molecule has 1 aromatic rings. The van der Waals surface area contributed by atoms with Crippen LogP contribution >= 0.6 is 0 Å². The van der Waals surface area contributed by atoms with E-state index in [1.807, 2.05) is 13.8 Å². The summed E-state index contributed by atoms with van der Waals surface area (Å²) >= 11 is 0. The summed E-state index contributed by atoms with van der Waals surface area (Å²) in [5.74, 6) is 0. The number of morpholine rings is 1. The monoisotopic (exact) mass is 209 g/mol. The average Bonchev–Trinajstić information content (AvgIpc) is 2.26. The Bertz CT molecular complexity index is 408.